The Labute approximate surface area is 99.8 Å². The van der Waals surface area contributed by atoms with Crippen LogP contribution < -0.4 is 0 Å². The highest BCUT2D eigenvalue weighted by atomic mass is 16.5. The molecule has 1 aliphatic rings. The molecule has 0 bridgehead atoms. The Morgan fingerprint density at radius 3 is 2.35 bits per heavy atom. The molecule has 2 rings (SSSR count). The third kappa shape index (κ3) is 4.10. The smallest absolute Gasteiger partial charge is 0.337 e. The molecular weight excluding hydrogens is 220 g/mol. The summed E-state index contributed by atoms with van der Waals surface area (Å²) < 4.78 is 9.02. The van der Waals surface area contributed by atoms with Gasteiger partial charge in [-0.1, -0.05) is 24.8 Å². The van der Waals surface area contributed by atoms with Crippen molar-refractivity contribution in [1.82, 2.24) is 0 Å². The molecule has 1 saturated heterocycles. The van der Waals surface area contributed by atoms with E-state index in [1.165, 1.54) is 7.11 Å². The van der Waals surface area contributed by atoms with Crippen LogP contribution in [0.4, 0.5) is 0 Å². The lowest BCUT2D eigenvalue weighted by atomic mass is 10.2. The van der Waals surface area contributed by atoms with Crippen molar-refractivity contribution in [2.45, 2.75) is 6.42 Å². The predicted molar refractivity (Wildman–Crippen MR) is 62.5 cm³/mol. The minimum Gasteiger partial charge on any atom is -0.465 e. The first-order chi connectivity index (χ1) is 8.15. The molecular formula is C13H14O4. The quantitative estimate of drug-likeness (QED) is 0.550. The first-order valence-electron chi connectivity index (χ1n) is 5.13. The van der Waals surface area contributed by atoms with Crippen molar-refractivity contribution >= 4 is 11.9 Å². The molecule has 1 aromatic carbocycles. The van der Waals surface area contributed by atoms with E-state index in [1.54, 1.807) is 24.3 Å². The molecule has 1 fully saturated rings. The van der Waals surface area contributed by atoms with Crippen LogP contribution in [0.2, 0.25) is 0 Å². The average Bonchev–Trinajstić information content (AvgIpc) is 2.75. The highest BCUT2D eigenvalue weighted by molar-refractivity contribution is 5.89. The van der Waals surface area contributed by atoms with E-state index in [0.29, 0.717) is 24.2 Å². The van der Waals surface area contributed by atoms with Crippen LogP contribution in [0.1, 0.15) is 16.8 Å². The van der Waals surface area contributed by atoms with E-state index in [-0.39, 0.29) is 11.9 Å². The second kappa shape index (κ2) is 6.48. The van der Waals surface area contributed by atoms with E-state index in [9.17, 15) is 9.59 Å². The number of carbonyl (C=O) groups excluding carboxylic acids is 2. The van der Waals surface area contributed by atoms with Crippen molar-refractivity contribution in [3.63, 3.8) is 0 Å². The van der Waals surface area contributed by atoms with Gasteiger partial charge in [-0.05, 0) is 12.1 Å². The molecule has 0 spiro atoms. The van der Waals surface area contributed by atoms with Gasteiger partial charge in [0.15, 0.2) is 0 Å². The Kier molecular flexibility index (Phi) is 4.94. The normalized spacial score (nSPS) is 13.5. The molecule has 4 nitrogen and oxygen atoms in total. The van der Waals surface area contributed by atoms with Crippen molar-refractivity contribution < 1.29 is 19.1 Å². The number of ether oxygens (including phenoxy) is 2. The molecule has 0 N–H and O–H groups in total. The third-order valence-corrected chi connectivity index (χ3v) is 2.12. The number of benzene rings is 1. The second-order valence-electron chi connectivity index (χ2n) is 3.35. The van der Waals surface area contributed by atoms with E-state index in [0.717, 1.165) is 0 Å². The number of esters is 2. The molecule has 0 aliphatic carbocycles. The molecule has 0 saturated carbocycles. The largest absolute Gasteiger partial charge is 0.465 e. The van der Waals surface area contributed by atoms with Gasteiger partial charge in [0.1, 0.15) is 0 Å². The maximum absolute atomic E-state index is 10.8. The maximum Gasteiger partial charge on any atom is 0.337 e. The Balaban J connectivity index is 0.000000181. The summed E-state index contributed by atoms with van der Waals surface area (Å²) in [6.07, 6.45) is 0.707. The third-order valence-electron chi connectivity index (χ3n) is 2.12. The monoisotopic (exact) mass is 234 g/mol. The van der Waals surface area contributed by atoms with Crippen molar-refractivity contribution in [2.75, 3.05) is 13.7 Å². The van der Waals surface area contributed by atoms with E-state index >= 15 is 0 Å². The average molecular weight is 234 g/mol. The van der Waals surface area contributed by atoms with Gasteiger partial charge < -0.3 is 9.47 Å². The van der Waals surface area contributed by atoms with Crippen LogP contribution in [0.3, 0.4) is 0 Å². The first-order valence-corrected chi connectivity index (χ1v) is 5.13. The van der Waals surface area contributed by atoms with Gasteiger partial charge in [0.05, 0.1) is 19.3 Å². The number of cyclic esters (lactones) is 1. The minimum absolute atomic E-state index is 0.236. The van der Waals surface area contributed by atoms with Gasteiger partial charge in [0, 0.05) is 12.0 Å². The fourth-order valence-corrected chi connectivity index (χ4v) is 1.16. The topological polar surface area (TPSA) is 52.6 Å². The zero-order chi connectivity index (χ0) is 12.7. The van der Waals surface area contributed by atoms with Gasteiger partial charge in [-0.3, -0.25) is 0 Å². The minimum atomic E-state index is -0.291. The van der Waals surface area contributed by atoms with Crippen molar-refractivity contribution in [3.8, 4) is 0 Å². The molecule has 0 radical (unpaired) electrons. The zero-order valence-corrected chi connectivity index (χ0v) is 9.64. The number of rotatable bonds is 1. The van der Waals surface area contributed by atoms with Gasteiger partial charge in [-0.2, -0.15) is 0 Å². The molecule has 0 amide bonds. The van der Waals surface area contributed by atoms with Crippen molar-refractivity contribution in [1.29, 1.82) is 0 Å². The number of methoxy groups -OCH3 is 1. The number of hydrogen-bond donors (Lipinski definition) is 0. The Hall–Kier alpha value is -2.10. The second-order valence-corrected chi connectivity index (χ2v) is 3.35. The number of hydrogen-bond acceptors (Lipinski definition) is 4. The molecule has 1 aliphatic heterocycles. The summed E-state index contributed by atoms with van der Waals surface area (Å²) in [5, 5.41) is 0. The van der Waals surface area contributed by atoms with E-state index < -0.39 is 0 Å². The van der Waals surface area contributed by atoms with E-state index in [2.05, 4.69) is 16.1 Å². The van der Waals surface area contributed by atoms with Gasteiger partial charge in [-0.15, -0.1) is 0 Å². The molecule has 17 heavy (non-hydrogen) atoms. The summed E-state index contributed by atoms with van der Waals surface area (Å²) >= 11 is 0. The van der Waals surface area contributed by atoms with E-state index in [1.807, 2.05) is 6.07 Å². The van der Waals surface area contributed by atoms with Crippen LogP contribution in [-0.2, 0) is 14.3 Å². The Morgan fingerprint density at radius 2 is 2.00 bits per heavy atom. The summed E-state index contributed by atoms with van der Waals surface area (Å²) in [4.78, 5) is 21.0. The van der Waals surface area contributed by atoms with Crippen LogP contribution in [-0.4, -0.2) is 25.7 Å². The molecule has 0 atom stereocenters. The summed E-state index contributed by atoms with van der Waals surface area (Å²) in [7, 11) is 1.37. The Bertz CT molecular complexity index is 395. The summed E-state index contributed by atoms with van der Waals surface area (Å²) in [5.41, 5.74) is 1.19. The summed E-state index contributed by atoms with van der Waals surface area (Å²) in [5.74, 6) is -0.527. The fraction of sp³-hybridized carbons (Fsp3) is 0.231. The lowest BCUT2D eigenvalue weighted by Crippen LogP contribution is -1.99. The fourth-order valence-electron chi connectivity index (χ4n) is 1.16. The van der Waals surface area contributed by atoms with Crippen LogP contribution in [0.15, 0.2) is 42.5 Å². The molecule has 90 valence electrons. The number of carbonyl (C=O) groups is 2. The molecule has 4 heteroatoms. The highest BCUT2D eigenvalue weighted by Crippen LogP contribution is 2.08. The van der Waals surface area contributed by atoms with Crippen molar-refractivity contribution in [2.24, 2.45) is 0 Å². The van der Waals surface area contributed by atoms with Gasteiger partial charge in [0.2, 0.25) is 0 Å². The van der Waals surface area contributed by atoms with Gasteiger partial charge >= 0.3 is 11.9 Å². The summed E-state index contributed by atoms with van der Waals surface area (Å²) in [6.45, 7) is 3.99. The lowest BCUT2D eigenvalue weighted by molar-refractivity contribution is -0.135. The van der Waals surface area contributed by atoms with Crippen molar-refractivity contribution in [3.05, 3.63) is 48.0 Å². The SMILES string of the molecule is C=C1CCOC1=O.COC(=O)c1ccccc1. The maximum atomic E-state index is 10.8. The Morgan fingerprint density at radius 1 is 1.35 bits per heavy atom. The molecule has 0 unspecified atom stereocenters. The van der Waals surface area contributed by atoms with E-state index in [4.69, 9.17) is 0 Å². The zero-order valence-electron chi connectivity index (χ0n) is 9.64. The van der Waals surface area contributed by atoms with Crippen LogP contribution >= 0.6 is 0 Å². The standard InChI is InChI=1S/C8H8O2.C5H6O2/c1-10-8(9)7-5-3-2-4-6-7;1-4-2-3-7-5(4)6/h2-6H,1H3;1-3H2. The predicted octanol–water partition coefficient (Wildman–Crippen LogP) is 1.96. The van der Waals surface area contributed by atoms with Gasteiger partial charge in [-0.25, -0.2) is 9.59 Å². The van der Waals surface area contributed by atoms with Crippen LogP contribution in [0.25, 0.3) is 0 Å². The summed E-state index contributed by atoms with van der Waals surface area (Å²) in [6, 6.07) is 8.88. The van der Waals surface area contributed by atoms with Gasteiger partial charge in [0.25, 0.3) is 0 Å². The first kappa shape index (κ1) is 13.0. The molecule has 0 aromatic heterocycles. The molecule has 1 aromatic rings. The van der Waals surface area contributed by atoms with Crippen LogP contribution in [0.5, 0.6) is 0 Å². The van der Waals surface area contributed by atoms with Crippen LogP contribution in [0, 0.1) is 0 Å². The lowest BCUT2D eigenvalue weighted by Gasteiger charge is -1.95. The molecule has 1 heterocycles. The highest BCUT2D eigenvalue weighted by Gasteiger charge is 2.14.